The standard InChI is InChI=1S/C15H19ClFN3/c1-11(2)8-18-9-15-19-5-6-20(15)10-12-3-4-14(17)13(16)7-12/h3-7,11,18H,8-10H2,1-2H3. The summed E-state index contributed by atoms with van der Waals surface area (Å²) in [5.74, 6) is 1.18. The van der Waals surface area contributed by atoms with Crippen molar-refractivity contribution in [1.82, 2.24) is 14.9 Å². The van der Waals surface area contributed by atoms with Crippen LogP contribution in [0.3, 0.4) is 0 Å². The number of rotatable bonds is 6. The molecule has 2 rings (SSSR count). The second-order valence-electron chi connectivity index (χ2n) is 5.24. The summed E-state index contributed by atoms with van der Waals surface area (Å²) >= 11 is 5.80. The van der Waals surface area contributed by atoms with Gasteiger partial charge in [0.2, 0.25) is 0 Å². The monoisotopic (exact) mass is 295 g/mol. The van der Waals surface area contributed by atoms with E-state index in [9.17, 15) is 4.39 Å². The van der Waals surface area contributed by atoms with Crippen molar-refractivity contribution >= 4 is 11.6 Å². The fourth-order valence-corrected chi connectivity index (χ4v) is 2.16. The van der Waals surface area contributed by atoms with Gasteiger partial charge >= 0.3 is 0 Å². The Balaban J connectivity index is 2.02. The molecular formula is C15H19ClFN3. The Morgan fingerprint density at radius 3 is 2.90 bits per heavy atom. The minimum atomic E-state index is -0.389. The van der Waals surface area contributed by atoms with Crippen molar-refractivity contribution in [1.29, 1.82) is 0 Å². The highest BCUT2D eigenvalue weighted by atomic mass is 35.5. The number of nitrogens with one attached hydrogen (secondary N) is 1. The van der Waals surface area contributed by atoms with Crippen molar-refractivity contribution in [3.63, 3.8) is 0 Å². The van der Waals surface area contributed by atoms with Gasteiger partial charge in [-0.05, 0) is 30.2 Å². The summed E-state index contributed by atoms with van der Waals surface area (Å²) < 4.78 is 15.2. The second kappa shape index (κ2) is 6.86. The average molecular weight is 296 g/mol. The molecule has 0 unspecified atom stereocenters. The molecule has 1 aromatic heterocycles. The van der Waals surface area contributed by atoms with E-state index in [2.05, 4.69) is 24.1 Å². The summed E-state index contributed by atoms with van der Waals surface area (Å²) in [6, 6.07) is 4.79. The molecule has 0 saturated heterocycles. The number of benzene rings is 1. The molecule has 0 fully saturated rings. The Morgan fingerprint density at radius 2 is 2.20 bits per heavy atom. The first-order valence-electron chi connectivity index (χ1n) is 6.71. The van der Waals surface area contributed by atoms with Crippen LogP contribution in [-0.2, 0) is 13.1 Å². The highest BCUT2D eigenvalue weighted by Crippen LogP contribution is 2.17. The van der Waals surface area contributed by atoms with Crippen LogP contribution in [-0.4, -0.2) is 16.1 Å². The third-order valence-corrected chi connectivity index (χ3v) is 3.26. The van der Waals surface area contributed by atoms with E-state index in [1.54, 1.807) is 18.3 Å². The number of nitrogens with zero attached hydrogens (tertiary/aromatic N) is 2. The Morgan fingerprint density at radius 1 is 1.40 bits per heavy atom. The largest absolute Gasteiger partial charge is 0.329 e. The zero-order valence-electron chi connectivity index (χ0n) is 11.7. The molecule has 0 aliphatic carbocycles. The van der Waals surface area contributed by atoms with Gasteiger partial charge in [0.25, 0.3) is 0 Å². The van der Waals surface area contributed by atoms with Gasteiger partial charge in [-0.15, -0.1) is 0 Å². The van der Waals surface area contributed by atoms with Gasteiger partial charge in [-0.3, -0.25) is 0 Å². The van der Waals surface area contributed by atoms with Crippen LogP contribution in [0.4, 0.5) is 4.39 Å². The fourth-order valence-electron chi connectivity index (χ4n) is 1.96. The van der Waals surface area contributed by atoms with Gasteiger partial charge < -0.3 is 9.88 Å². The van der Waals surface area contributed by atoms with Gasteiger partial charge in [-0.25, -0.2) is 9.37 Å². The van der Waals surface area contributed by atoms with Gasteiger partial charge in [0, 0.05) is 18.9 Å². The molecule has 0 aliphatic heterocycles. The SMILES string of the molecule is CC(C)CNCc1nccn1Cc1ccc(F)c(Cl)c1. The molecule has 20 heavy (non-hydrogen) atoms. The van der Waals surface area contributed by atoms with E-state index in [1.165, 1.54) is 6.07 Å². The first-order valence-corrected chi connectivity index (χ1v) is 7.08. The van der Waals surface area contributed by atoms with Crippen LogP contribution < -0.4 is 5.32 Å². The molecule has 0 aliphatic rings. The van der Waals surface area contributed by atoms with Crippen molar-refractivity contribution in [3.05, 3.63) is 52.8 Å². The highest BCUT2D eigenvalue weighted by molar-refractivity contribution is 6.30. The summed E-state index contributed by atoms with van der Waals surface area (Å²) in [6.07, 6.45) is 3.70. The molecule has 1 N–H and O–H groups in total. The molecule has 1 aromatic carbocycles. The van der Waals surface area contributed by atoms with Gasteiger partial charge in [0.05, 0.1) is 11.6 Å². The summed E-state index contributed by atoms with van der Waals surface area (Å²) in [5.41, 5.74) is 0.958. The van der Waals surface area contributed by atoms with E-state index in [4.69, 9.17) is 11.6 Å². The second-order valence-corrected chi connectivity index (χ2v) is 5.65. The molecule has 0 atom stereocenters. The maximum absolute atomic E-state index is 13.1. The van der Waals surface area contributed by atoms with Crippen LogP contribution in [0, 0.1) is 11.7 Å². The molecule has 108 valence electrons. The first kappa shape index (κ1) is 15.0. The summed E-state index contributed by atoms with van der Waals surface area (Å²) in [6.45, 7) is 6.65. The molecule has 0 saturated carbocycles. The van der Waals surface area contributed by atoms with E-state index in [0.29, 0.717) is 12.5 Å². The molecule has 0 amide bonds. The molecule has 1 heterocycles. The number of hydrogen-bond donors (Lipinski definition) is 1. The topological polar surface area (TPSA) is 29.9 Å². The fraction of sp³-hybridized carbons (Fsp3) is 0.400. The van der Waals surface area contributed by atoms with Crippen molar-refractivity contribution < 1.29 is 4.39 Å². The van der Waals surface area contributed by atoms with Crippen molar-refractivity contribution in [2.45, 2.75) is 26.9 Å². The lowest BCUT2D eigenvalue weighted by molar-refractivity contribution is 0.533. The molecule has 3 nitrogen and oxygen atoms in total. The van der Waals surface area contributed by atoms with Crippen LogP contribution in [0.1, 0.15) is 25.2 Å². The van der Waals surface area contributed by atoms with Gasteiger partial charge in [-0.2, -0.15) is 0 Å². The van der Waals surface area contributed by atoms with Crippen LogP contribution in [0.15, 0.2) is 30.6 Å². The number of hydrogen-bond acceptors (Lipinski definition) is 2. The number of halogens is 2. The lowest BCUT2D eigenvalue weighted by Gasteiger charge is -2.10. The molecule has 2 aromatic rings. The Kier molecular flexibility index (Phi) is 5.15. The zero-order valence-corrected chi connectivity index (χ0v) is 12.5. The van der Waals surface area contributed by atoms with E-state index >= 15 is 0 Å². The highest BCUT2D eigenvalue weighted by Gasteiger charge is 2.06. The lowest BCUT2D eigenvalue weighted by Crippen LogP contribution is -2.21. The van der Waals surface area contributed by atoms with E-state index < -0.39 is 0 Å². The maximum Gasteiger partial charge on any atom is 0.141 e. The van der Waals surface area contributed by atoms with Gasteiger partial charge in [-0.1, -0.05) is 31.5 Å². The van der Waals surface area contributed by atoms with Gasteiger partial charge in [0.15, 0.2) is 0 Å². The predicted octanol–water partition coefficient (Wildman–Crippen LogP) is 3.47. The normalized spacial score (nSPS) is 11.2. The summed E-state index contributed by atoms with van der Waals surface area (Å²) in [7, 11) is 0. The minimum Gasteiger partial charge on any atom is -0.329 e. The van der Waals surface area contributed by atoms with Crippen LogP contribution in [0.25, 0.3) is 0 Å². The van der Waals surface area contributed by atoms with E-state index in [0.717, 1.165) is 24.5 Å². The maximum atomic E-state index is 13.1. The molecule has 0 radical (unpaired) electrons. The molecule has 0 bridgehead atoms. The molecular weight excluding hydrogens is 277 g/mol. The lowest BCUT2D eigenvalue weighted by atomic mass is 10.2. The molecule has 5 heteroatoms. The van der Waals surface area contributed by atoms with Crippen molar-refractivity contribution in [2.24, 2.45) is 5.92 Å². The average Bonchev–Trinajstić information content (AvgIpc) is 2.81. The third-order valence-electron chi connectivity index (χ3n) is 2.97. The zero-order chi connectivity index (χ0) is 14.5. The number of imidazole rings is 1. The van der Waals surface area contributed by atoms with E-state index in [-0.39, 0.29) is 10.8 Å². The minimum absolute atomic E-state index is 0.155. The molecule has 0 spiro atoms. The number of aromatic nitrogens is 2. The van der Waals surface area contributed by atoms with Crippen LogP contribution >= 0.6 is 11.6 Å². The smallest absolute Gasteiger partial charge is 0.141 e. The van der Waals surface area contributed by atoms with Crippen LogP contribution in [0.2, 0.25) is 5.02 Å². The summed E-state index contributed by atoms with van der Waals surface area (Å²) in [4.78, 5) is 4.34. The Hall–Kier alpha value is -1.39. The van der Waals surface area contributed by atoms with Crippen molar-refractivity contribution in [3.8, 4) is 0 Å². The van der Waals surface area contributed by atoms with Crippen molar-refractivity contribution in [2.75, 3.05) is 6.54 Å². The van der Waals surface area contributed by atoms with Gasteiger partial charge in [0.1, 0.15) is 11.6 Å². The Labute approximate surface area is 123 Å². The quantitative estimate of drug-likeness (QED) is 0.884. The third kappa shape index (κ3) is 4.05. The van der Waals surface area contributed by atoms with Crippen LogP contribution in [0.5, 0.6) is 0 Å². The first-order chi connectivity index (χ1) is 9.56. The Bertz CT molecular complexity index is 566. The predicted molar refractivity (Wildman–Crippen MR) is 79.3 cm³/mol. The van der Waals surface area contributed by atoms with E-state index in [1.807, 2.05) is 10.8 Å². The summed E-state index contributed by atoms with van der Waals surface area (Å²) in [5, 5.41) is 3.52.